The second kappa shape index (κ2) is 5.85. The Hall–Kier alpha value is -0.580. The maximum absolute atomic E-state index is 5.37. The van der Waals surface area contributed by atoms with Crippen molar-refractivity contribution in [1.29, 1.82) is 0 Å². The van der Waals surface area contributed by atoms with Crippen LogP contribution in [0.25, 0.3) is 0 Å². The molecule has 3 nitrogen and oxygen atoms in total. The lowest BCUT2D eigenvalue weighted by molar-refractivity contribution is 0.107. The van der Waals surface area contributed by atoms with Gasteiger partial charge in [-0.05, 0) is 40.0 Å². The zero-order valence-corrected chi connectivity index (χ0v) is 11.9. The van der Waals surface area contributed by atoms with Crippen molar-refractivity contribution in [1.82, 2.24) is 4.90 Å². The van der Waals surface area contributed by atoms with E-state index in [1.54, 1.807) is 14.2 Å². The SMILES string of the molecule is COc1ccc(CN2CCC(OC)C2)cc1Br. The van der Waals surface area contributed by atoms with Gasteiger partial charge in [0.05, 0.1) is 17.7 Å². The van der Waals surface area contributed by atoms with Gasteiger partial charge < -0.3 is 9.47 Å². The Bertz CT molecular complexity index is 384. The van der Waals surface area contributed by atoms with Crippen molar-refractivity contribution >= 4 is 15.9 Å². The van der Waals surface area contributed by atoms with Crippen LogP contribution < -0.4 is 4.74 Å². The van der Waals surface area contributed by atoms with E-state index in [4.69, 9.17) is 9.47 Å². The van der Waals surface area contributed by atoms with Crippen LogP contribution in [-0.4, -0.2) is 38.3 Å². The minimum Gasteiger partial charge on any atom is -0.496 e. The van der Waals surface area contributed by atoms with Crippen molar-refractivity contribution in [3.63, 3.8) is 0 Å². The third-order valence-corrected chi connectivity index (χ3v) is 3.80. The minimum atomic E-state index is 0.400. The Morgan fingerprint density at radius 2 is 2.24 bits per heavy atom. The fourth-order valence-corrected chi connectivity index (χ4v) is 2.79. The van der Waals surface area contributed by atoms with Gasteiger partial charge in [0.1, 0.15) is 5.75 Å². The normalized spacial score (nSPS) is 20.8. The molecule has 0 bridgehead atoms. The molecule has 17 heavy (non-hydrogen) atoms. The van der Waals surface area contributed by atoms with Crippen LogP contribution in [0.3, 0.4) is 0 Å². The van der Waals surface area contributed by atoms with Crippen LogP contribution in [0.5, 0.6) is 5.75 Å². The number of nitrogens with zero attached hydrogens (tertiary/aromatic N) is 1. The molecule has 0 spiro atoms. The van der Waals surface area contributed by atoms with Gasteiger partial charge in [0.15, 0.2) is 0 Å². The highest BCUT2D eigenvalue weighted by Gasteiger charge is 2.21. The van der Waals surface area contributed by atoms with E-state index in [1.165, 1.54) is 5.56 Å². The van der Waals surface area contributed by atoms with Gasteiger partial charge in [0.2, 0.25) is 0 Å². The number of hydrogen-bond acceptors (Lipinski definition) is 3. The summed E-state index contributed by atoms with van der Waals surface area (Å²) in [5, 5.41) is 0. The molecule has 0 aromatic heterocycles. The van der Waals surface area contributed by atoms with Gasteiger partial charge in [0, 0.05) is 26.7 Å². The molecule has 1 saturated heterocycles. The second-order valence-electron chi connectivity index (χ2n) is 4.35. The summed E-state index contributed by atoms with van der Waals surface area (Å²) in [7, 11) is 3.47. The van der Waals surface area contributed by atoms with E-state index in [9.17, 15) is 0 Å². The first-order valence-corrected chi connectivity index (χ1v) is 6.60. The molecule has 0 saturated carbocycles. The lowest BCUT2D eigenvalue weighted by Gasteiger charge is -2.16. The summed E-state index contributed by atoms with van der Waals surface area (Å²) >= 11 is 3.51. The average molecular weight is 300 g/mol. The fraction of sp³-hybridized carbons (Fsp3) is 0.538. The monoisotopic (exact) mass is 299 g/mol. The van der Waals surface area contributed by atoms with E-state index in [1.807, 2.05) is 6.07 Å². The molecule has 1 aliphatic rings. The molecule has 1 fully saturated rings. The van der Waals surface area contributed by atoms with E-state index in [2.05, 4.69) is 33.0 Å². The lowest BCUT2D eigenvalue weighted by atomic mass is 10.2. The molecule has 4 heteroatoms. The molecule has 2 rings (SSSR count). The summed E-state index contributed by atoms with van der Waals surface area (Å²) in [6.45, 7) is 3.12. The van der Waals surface area contributed by atoms with E-state index in [0.717, 1.165) is 36.3 Å². The quantitative estimate of drug-likeness (QED) is 0.853. The molecule has 1 aromatic carbocycles. The highest BCUT2D eigenvalue weighted by Crippen LogP contribution is 2.26. The van der Waals surface area contributed by atoms with Crippen molar-refractivity contribution < 1.29 is 9.47 Å². The van der Waals surface area contributed by atoms with Crippen LogP contribution in [0, 0.1) is 0 Å². The van der Waals surface area contributed by atoms with E-state index in [0.29, 0.717) is 6.10 Å². The molecular formula is C13H18BrNO2. The van der Waals surface area contributed by atoms with Crippen LogP contribution in [0.1, 0.15) is 12.0 Å². The molecule has 1 unspecified atom stereocenters. The first-order chi connectivity index (χ1) is 8.22. The van der Waals surface area contributed by atoms with Crippen molar-refractivity contribution in [3.05, 3.63) is 28.2 Å². The van der Waals surface area contributed by atoms with Crippen LogP contribution in [0.4, 0.5) is 0 Å². The van der Waals surface area contributed by atoms with Gasteiger partial charge in [-0.2, -0.15) is 0 Å². The van der Waals surface area contributed by atoms with Crippen molar-refractivity contribution in [2.75, 3.05) is 27.3 Å². The number of methoxy groups -OCH3 is 2. The van der Waals surface area contributed by atoms with Crippen LogP contribution in [0.2, 0.25) is 0 Å². The summed E-state index contributed by atoms with van der Waals surface area (Å²) in [6.07, 6.45) is 1.53. The number of likely N-dealkylation sites (tertiary alicyclic amines) is 1. The third-order valence-electron chi connectivity index (χ3n) is 3.18. The molecule has 1 heterocycles. The van der Waals surface area contributed by atoms with Crippen LogP contribution in [-0.2, 0) is 11.3 Å². The topological polar surface area (TPSA) is 21.7 Å². The fourth-order valence-electron chi connectivity index (χ4n) is 2.20. The highest BCUT2D eigenvalue weighted by atomic mass is 79.9. The van der Waals surface area contributed by atoms with E-state index in [-0.39, 0.29) is 0 Å². The molecule has 0 aliphatic carbocycles. The van der Waals surface area contributed by atoms with Gasteiger partial charge >= 0.3 is 0 Å². The summed E-state index contributed by atoms with van der Waals surface area (Å²) in [5.41, 5.74) is 1.30. The zero-order chi connectivity index (χ0) is 12.3. The number of ether oxygens (including phenoxy) is 2. The first-order valence-electron chi connectivity index (χ1n) is 5.80. The summed E-state index contributed by atoms with van der Waals surface area (Å²) < 4.78 is 11.6. The minimum absolute atomic E-state index is 0.400. The Balaban J connectivity index is 1.97. The number of halogens is 1. The van der Waals surface area contributed by atoms with Gasteiger partial charge in [-0.15, -0.1) is 0 Å². The third kappa shape index (κ3) is 3.21. The highest BCUT2D eigenvalue weighted by molar-refractivity contribution is 9.10. The zero-order valence-electron chi connectivity index (χ0n) is 10.3. The second-order valence-corrected chi connectivity index (χ2v) is 5.20. The molecule has 0 amide bonds. The van der Waals surface area contributed by atoms with Gasteiger partial charge in [-0.1, -0.05) is 6.07 Å². The maximum Gasteiger partial charge on any atom is 0.133 e. The maximum atomic E-state index is 5.37. The smallest absolute Gasteiger partial charge is 0.133 e. The average Bonchev–Trinajstić information content (AvgIpc) is 2.77. The molecular weight excluding hydrogens is 282 g/mol. The van der Waals surface area contributed by atoms with E-state index >= 15 is 0 Å². The van der Waals surface area contributed by atoms with Crippen molar-refractivity contribution in [3.8, 4) is 5.75 Å². The number of hydrogen-bond donors (Lipinski definition) is 0. The molecule has 0 radical (unpaired) electrons. The standard InChI is InChI=1S/C13H18BrNO2/c1-16-11-5-6-15(9-11)8-10-3-4-13(17-2)12(14)7-10/h3-4,7,11H,5-6,8-9H2,1-2H3. The largest absolute Gasteiger partial charge is 0.496 e. The van der Waals surface area contributed by atoms with Gasteiger partial charge in [0.25, 0.3) is 0 Å². The Morgan fingerprint density at radius 1 is 1.41 bits per heavy atom. The van der Waals surface area contributed by atoms with Crippen molar-refractivity contribution in [2.45, 2.75) is 19.1 Å². The Morgan fingerprint density at radius 3 is 2.82 bits per heavy atom. The first kappa shape index (κ1) is 12.9. The molecule has 1 atom stereocenters. The Kier molecular flexibility index (Phi) is 4.42. The summed E-state index contributed by atoms with van der Waals surface area (Å²) in [4.78, 5) is 2.42. The Labute approximate surface area is 111 Å². The molecule has 1 aliphatic heterocycles. The summed E-state index contributed by atoms with van der Waals surface area (Å²) in [6, 6.07) is 6.24. The van der Waals surface area contributed by atoms with Gasteiger partial charge in [-0.3, -0.25) is 4.90 Å². The van der Waals surface area contributed by atoms with E-state index < -0.39 is 0 Å². The molecule has 94 valence electrons. The predicted octanol–water partition coefficient (Wildman–Crippen LogP) is 2.68. The lowest BCUT2D eigenvalue weighted by Crippen LogP contribution is -2.22. The van der Waals surface area contributed by atoms with Crippen LogP contribution >= 0.6 is 15.9 Å². The predicted molar refractivity (Wildman–Crippen MR) is 71.4 cm³/mol. The van der Waals surface area contributed by atoms with Gasteiger partial charge in [-0.25, -0.2) is 0 Å². The number of rotatable bonds is 4. The van der Waals surface area contributed by atoms with Crippen LogP contribution in [0.15, 0.2) is 22.7 Å². The van der Waals surface area contributed by atoms with Crippen molar-refractivity contribution in [2.24, 2.45) is 0 Å². The molecule has 0 N–H and O–H groups in total. The number of benzene rings is 1. The summed E-state index contributed by atoms with van der Waals surface area (Å²) in [5.74, 6) is 0.880. The molecule has 1 aromatic rings.